The molecule has 5 rings (SSSR count). The number of hydrogen-bond donors (Lipinski definition) is 0. The number of hydrogen-bond acceptors (Lipinski definition) is 6. The topological polar surface area (TPSA) is 86.0 Å². The van der Waals surface area contributed by atoms with Gasteiger partial charge < -0.3 is 9.64 Å². The Morgan fingerprint density at radius 3 is 2.68 bits per heavy atom. The van der Waals surface area contributed by atoms with Crippen LogP contribution in [0.25, 0.3) is 0 Å². The minimum absolute atomic E-state index is 0.0320. The van der Waals surface area contributed by atoms with E-state index in [1.165, 1.54) is 19.2 Å². The number of rotatable bonds is 8. The molecular formula is C23H32N6O2. The molecule has 1 saturated heterocycles. The highest BCUT2D eigenvalue weighted by atomic mass is 16.5. The van der Waals surface area contributed by atoms with Crippen LogP contribution in [0.2, 0.25) is 0 Å². The summed E-state index contributed by atoms with van der Waals surface area (Å²) in [5, 5.41) is 8.91. The van der Waals surface area contributed by atoms with Crippen LogP contribution in [0.5, 0.6) is 0 Å². The Morgan fingerprint density at radius 2 is 1.94 bits per heavy atom. The Morgan fingerprint density at radius 1 is 1.16 bits per heavy atom. The average Bonchev–Trinajstić information content (AvgIpc) is 3.35. The predicted molar refractivity (Wildman–Crippen MR) is 114 cm³/mol. The summed E-state index contributed by atoms with van der Waals surface area (Å²) in [5.41, 5.74) is 1.63. The van der Waals surface area contributed by atoms with Crippen molar-refractivity contribution in [3.63, 3.8) is 0 Å². The van der Waals surface area contributed by atoms with Crippen LogP contribution in [0.4, 0.5) is 0 Å². The van der Waals surface area contributed by atoms with Gasteiger partial charge in [-0.3, -0.25) is 4.79 Å². The number of carbonyl (C=O) groups is 1. The number of nitrogens with zero attached hydrogens (tertiary/aromatic N) is 6. The summed E-state index contributed by atoms with van der Waals surface area (Å²) < 4.78 is 8.49. The molecule has 166 valence electrons. The van der Waals surface area contributed by atoms with Crippen LogP contribution in [0.15, 0.2) is 24.9 Å². The van der Waals surface area contributed by atoms with E-state index < -0.39 is 0 Å². The van der Waals surface area contributed by atoms with Gasteiger partial charge in [0.15, 0.2) is 0 Å². The van der Waals surface area contributed by atoms with Crippen LogP contribution < -0.4 is 0 Å². The van der Waals surface area contributed by atoms with E-state index in [4.69, 9.17) is 4.74 Å². The SMILES string of the molecule is CCCCc1cn([C@@H]2C[C@@H]3CN(C(=O)c4cncnc4)C[C@@H]3C[C@H]2OCC2CC2)nn1. The quantitative estimate of drug-likeness (QED) is 0.648. The van der Waals surface area contributed by atoms with Gasteiger partial charge in [-0.25, -0.2) is 14.6 Å². The van der Waals surface area contributed by atoms with Gasteiger partial charge in [0.05, 0.1) is 23.4 Å². The average molecular weight is 425 g/mol. The van der Waals surface area contributed by atoms with E-state index in [-0.39, 0.29) is 18.1 Å². The second-order valence-electron chi connectivity index (χ2n) is 9.50. The Labute approximate surface area is 183 Å². The summed E-state index contributed by atoms with van der Waals surface area (Å²) in [6, 6.07) is 0.193. The number of fused-ring (bicyclic) bond motifs is 1. The summed E-state index contributed by atoms with van der Waals surface area (Å²) in [6.07, 6.45) is 14.7. The molecule has 3 fully saturated rings. The van der Waals surface area contributed by atoms with Crippen LogP contribution in [-0.4, -0.2) is 61.6 Å². The molecule has 3 heterocycles. The number of likely N-dealkylation sites (tertiary alicyclic amines) is 1. The van der Waals surface area contributed by atoms with Crippen molar-refractivity contribution in [2.24, 2.45) is 17.8 Å². The number of carbonyl (C=O) groups excluding carboxylic acids is 1. The van der Waals surface area contributed by atoms with Gasteiger partial charge in [-0.15, -0.1) is 5.10 Å². The summed E-state index contributed by atoms with van der Waals surface area (Å²) in [5.74, 6) is 1.69. The fraction of sp³-hybridized carbons (Fsp3) is 0.696. The smallest absolute Gasteiger partial charge is 0.257 e. The van der Waals surface area contributed by atoms with Crippen LogP contribution in [0.3, 0.4) is 0 Å². The highest BCUT2D eigenvalue weighted by molar-refractivity contribution is 5.93. The van der Waals surface area contributed by atoms with Crippen LogP contribution in [0.1, 0.15) is 67.5 Å². The van der Waals surface area contributed by atoms with Crippen molar-refractivity contribution in [2.45, 2.75) is 64.0 Å². The Hall–Kier alpha value is -2.35. The van der Waals surface area contributed by atoms with Crippen molar-refractivity contribution < 1.29 is 9.53 Å². The van der Waals surface area contributed by atoms with Crippen molar-refractivity contribution in [3.8, 4) is 0 Å². The summed E-state index contributed by atoms with van der Waals surface area (Å²) in [6.45, 7) is 4.61. The van der Waals surface area contributed by atoms with Gasteiger partial charge in [-0.1, -0.05) is 18.6 Å². The van der Waals surface area contributed by atoms with E-state index in [1.54, 1.807) is 12.4 Å². The van der Waals surface area contributed by atoms with Crippen molar-refractivity contribution in [1.82, 2.24) is 29.9 Å². The maximum absolute atomic E-state index is 12.9. The normalized spacial score (nSPS) is 28.0. The number of unbranched alkanes of at least 4 members (excludes halogenated alkanes) is 1. The summed E-state index contributed by atoms with van der Waals surface area (Å²) >= 11 is 0. The molecule has 0 N–H and O–H groups in total. The molecule has 0 radical (unpaired) electrons. The first kappa shape index (κ1) is 20.5. The van der Waals surface area contributed by atoms with Crippen LogP contribution in [0, 0.1) is 17.8 Å². The molecule has 2 aromatic rings. The fourth-order valence-electron chi connectivity index (χ4n) is 5.10. The third-order valence-electron chi connectivity index (χ3n) is 7.11. The number of aryl methyl sites for hydroxylation is 1. The fourth-order valence-corrected chi connectivity index (χ4v) is 5.10. The van der Waals surface area contributed by atoms with Gasteiger partial charge >= 0.3 is 0 Å². The highest BCUT2D eigenvalue weighted by Crippen LogP contribution is 2.43. The number of ether oxygens (including phenoxy) is 1. The highest BCUT2D eigenvalue weighted by Gasteiger charge is 2.45. The van der Waals surface area contributed by atoms with E-state index in [1.807, 2.05) is 9.58 Å². The number of amides is 1. The Bertz CT molecular complexity index is 883. The third-order valence-corrected chi connectivity index (χ3v) is 7.11. The molecule has 0 aromatic carbocycles. The molecule has 0 spiro atoms. The van der Waals surface area contributed by atoms with Gasteiger partial charge in [0.1, 0.15) is 6.33 Å². The van der Waals surface area contributed by atoms with Gasteiger partial charge in [-0.2, -0.15) is 0 Å². The maximum Gasteiger partial charge on any atom is 0.257 e. The second kappa shape index (κ2) is 9.02. The molecule has 2 aromatic heterocycles. The lowest BCUT2D eigenvalue weighted by Gasteiger charge is -2.37. The lowest BCUT2D eigenvalue weighted by atomic mass is 9.77. The minimum Gasteiger partial charge on any atom is -0.376 e. The monoisotopic (exact) mass is 424 g/mol. The van der Waals surface area contributed by atoms with Crippen molar-refractivity contribution in [3.05, 3.63) is 36.2 Å². The lowest BCUT2D eigenvalue weighted by Crippen LogP contribution is -2.38. The molecule has 3 aliphatic rings. The Kier molecular flexibility index (Phi) is 5.98. The molecule has 1 aliphatic heterocycles. The molecule has 2 aliphatic carbocycles. The molecule has 8 heteroatoms. The molecule has 31 heavy (non-hydrogen) atoms. The first-order valence-corrected chi connectivity index (χ1v) is 11.8. The Balaban J connectivity index is 1.30. The van der Waals surface area contributed by atoms with Crippen molar-refractivity contribution >= 4 is 5.91 Å². The standard InChI is InChI=1S/C23H32N6O2/c1-2-3-4-20-13-29(27-26-20)21-7-17-11-28(23(30)19-9-24-15-25-10-19)12-18(17)8-22(21)31-14-16-5-6-16/h9-10,13,15-18,21-22H,2-8,11-12,14H2,1H3/t17-,18+,21-,22-/m1/s1. The molecule has 0 unspecified atom stereocenters. The minimum atomic E-state index is 0.0320. The largest absolute Gasteiger partial charge is 0.376 e. The maximum atomic E-state index is 12.9. The van der Waals surface area contributed by atoms with Crippen molar-refractivity contribution in [2.75, 3.05) is 19.7 Å². The predicted octanol–water partition coefficient (Wildman–Crippen LogP) is 2.93. The molecule has 0 bridgehead atoms. The van der Waals surface area contributed by atoms with Crippen LogP contribution >= 0.6 is 0 Å². The third kappa shape index (κ3) is 4.63. The first-order valence-electron chi connectivity index (χ1n) is 11.8. The molecule has 8 nitrogen and oxygen atoms in total. The van der Waals surface area contributed by atoms with Gasteiger partial charge in [0.25, 0.3) is 5.91 Å². The van der Waals surface area contributed by atoms with E-state index in [0.717, 1.165) is 63.4 Å². The summed E-state index contributed by atoms with van der Waals surface area (Å²) in [7, 11) is 0. The van der Waals surface area contributed by atoms with Gasteiger partial charge in [0, 0.05) is 38.3 Å². The lowest BCUT2D eigenvalue weighted by molar-refractivity contribution is -0.0375. The zero-order valence-electron chi connectivity index (χ0n) is 18.3. The van der Waals surface area contributed by atoms with E-state index in [2.05, 4.69) is 33.4 Å². The first-order chi connectivity index (χ1) is 15.2. The van der Waals surface area contributed by atoms with E-state index >= 15 is 0 Å². The van der Waals surface area contributed by atoms with Gasteiger partial charge in [0.2, 0.25) is 0 Å². The molecular weight excluding hydrogens is 392 g/mol. The van der Waals surface area contributed by atoms with E-state index in [0.29, 0.717) is 17.4 Å². The molecule has 4 atom stereocenters. The molecule has 2 saturated carbocycles. The number of aromatic nitrogens is 5. The van der Waals surface area contributed by atoms with Crippen LogP contribution in [-0.2, 0) is 11.2 Å². The zero-order chi connectivity index (χ0) is 21.2. The summed E-state index contributed by atoms with van der Waals surface area (Å²) in [4.78, 5) is 22.9. The second-order valence-corrected chi connectivity index (χ2v) is 9.50. The van der Waals surface area contributed by atoms with E-state index in [9.17, 15) is 4.79 Å². The molecule has 1 amide bonds. The zero-order valence-corrected chi connectivity index (χ0v) is 18.3. The van der Waals surface area contributed by atoms with Crippen molar-refractivity contribution in [1.29, 1.82) is 0 Å². The van der Waals surface area contributed by atoms with Gasteiger partial charge in [-0.05, 0) is 56.3 Å².